The maximum absolute atomic E-state index is 13.8. The predicted molar refractivity (Wildman–Crippen MR) is 81.8 cm³/mol. The number of rotatable bonds is 3. The Morgan fingerprint density at radius 2 is 2.00 bits per heavy atom. The van der Waals surface area contributed by atoms with E-state index < -0.39 is 5.82 Å². The summed E-state index contributed by atoms with van der Waals surface area (Å²) in [5.74, 6) is -0.613. The van der Waals surface area contributed by atoms with Crippen molar-refractivity contribution in [3.8, 4) is 0 Å². The van der Waals surface area contributed by atoms with Gasteiger partial charge in [-0.25, -0.2) is 4.39 Å². The highest BCUT2D eigenvalue weighted by Gasteiger charge is 2.23. The maximum atomic E-state index is 13.8. The molecular formula is C14H18FIN2O. The van der Waals surface area contributed by atoms with Gasteiger partial charge in [0, 0.05) is 29.7 Å². The van der Waals surface area contributed by atoms with Crippen molar-refractivity contribution in [1.29, 1.82) is 0 Å². The van der Waals surface area contributed by atoms with E-state index in [2.05, 4.69) is 11.8 Å². The van der Waals surface area contributed by atoms with Crippen molar-refractivity contribution >= 4 is 28.5 Å². The largest absolute Gasteiger partial charge is 0.336 e. The molecule has 0 radical (unpaired) electrons. The minimum absolute atomic E-state index is 0.185. The Bertz CT molecular complexity index is 459. The van der Waals surface area contributed by atoms with Gasteiger partial charge in [0.2, 0.25) is 0 Å². The molecule has 1 fully saturated rings. The molecule has 0 saturated carbocycles. The number of carbonyl (C=O) groups is 1. The highest BCUT2D eigenvalue weighted by Crippen LogP contribution is 2.15. The van der Waals surface area contributed by atoms with Gasteiger partial charge in [-0.2, -0.15) is 0 Å². The molecule has 1 aromatic rings. The summed E-state index contributed by atoms with van der Waals surface area (Å²) in [6.07, 6.45) is 1.12. The van der Waals surface area contributed by atoms with Crippen LogP contribution in [0.5, 0.6) is 0 Å². The van der Waals surface area contributed by atoms with Crippen LogP contribution >= 0.6 is 22.6 Å². The standard InChI is InChI=1S/C14H18FIN2O/c1-2-5-17-6-8-18(9-7-17)14(19)12-4-3-11(16)10-13(12)15/h3-4,10H,2,5-9H2,1H3. The lowest BCUT2D eigenvalue weighted by Crippen LogP contribution is -2.48. The molecule has 1 aromatic carbocycles. The number of carbonyl (C=O) groups excluding carboxylic acids is 1. The molecule has 19 heavy (non-hydrogen) atoms. The van der Waals surface area contributed by atoms with Crippen LogP contribution in [0.25, 0.3) is 0 Å². The fourth-order valence-electron chi connectivity index (χ4n) is 2.32. The van der Waals surface area contributed by atoms with E-state index in [0.29, 0.717) is 13.1 Å². The van der Waals surface area contributed by atoms with Gasteiger partial charge in [0.05, 0.1) is 5.56 Å². The first-order valence-corrected chi connectivity index (χ1v) is 7.66. The molecule has 104 valence electrons. The lowest BCUT2D eigenvalue weighted by molar-refractivity contribution is 0.0633. The summed E-state index contributed by atoms with van der Waals surface area (Å²) in [5.41, 5.74) is 0.185. The Labute approximate surface area is 126 Å². The zero-order valence-corrected chi connectivity index (χ0v) is 13.2. The van der Waals surface area contributed by atoms with Crippen LogP contribution in [0.1, 0.15) is 23.7 Å². The summed E-state index contributed by atoms with van der Waals surface area (Å²) < 4.78 is 14.6. The third-order valence-corrected chi connectivity index (χ3v) is 4.03. The van der Waals surface area contributed by atoms with Crippen LogP contribution in [0.15, 0.2) is 18.2 Å². The molecule has 0 aromatic heterocycles. The molecule has 1 saturated heterocycles. The normalized spacial score (nSPS) is 16.7. The number of halogens is 2. The summed E-state index contributed by atoms with van der Waals surface area (Å²) in [6.45, 7) is 6.35. The molecular weight excluding hydrogens is 358 g/mol. The zero-order valence-electron chi connectivity index (χ0n) is 11.0. The topological polar surface area (TPSA) is 23.6 Å². The minimum atomic E-state index is -0.423. The second-order valence-electron chi connectivity index (χ2n) is 4.76. The maximum Gasteiger partial charge on any atom is 0.256 e. The van der Waals surface area contributed by atoms with E-state index in [4.69, 9.17) is 0 Å². The van der Waals surface area contributed by atoms with Crippen molar-refractivity contribution in [3.63, 3.8) is 0 Å². The average molecular weight is 376 g/mol. The van der Waals surface area contributed by atoms with E-state index >= 15 is 0 Å². The Kier molecular flexibility index (Phi) is 5.15. The van der Waals surface area contributed by atoms with Crippen molar-refractivity contribution in [2.45, 2.75) is 13.3 Å². The van der Waals surface area contributed by atoms with Crippen LogP contribution in [0, 0.1) is 9.39 Å². The van der Waals surface area contributed by atoms with Crippen LogP contribution in [-0.4, -0.2) is 48.4 Å². The summed E-state index contributed by atoms with van der Waals surface area (Å²) in [7, 11) is 0. The molecule has 1 amide bonds. The average Bonchev–Trinajstić information content (AvgIpc) is 2.39. The Balaban J connectivity index is 2.01. The fourth-order valence-corrected chi connectivity index (χ4v) is 2.78. The van der Waals surface area contributed by atoms with Gasteiger partial charge in [0.25, 0.3) is 5.91 Å². The predicted octanol–water partition coefficient (Wildman–Crippen LogP) is 2.60. The van der Waals surface area contributed by atoms with Crippen molar-refractivity contribution < 1.29 is 9.18 Å². The number of hydrogen-bond donors (Lipinski definition) is 0. The van der Waals surface area contributed by atoms with Crippen LogP contribution < -0.4 is 0 Å². The van der Waals surface area contributed by atoms with Crippen molar-refractivity contribution in [2.75, 3.05) is 32.7 Å². The van der Waals surface area contributed by atoms with E-state index in [1.54, 1.807) is 17.0 Å². The highest BCUT2D eigenvalue weighted by atomic mass is 127. The molecule has 0 atom stereocenters. The molecule has 1 aliphatic rings. The number of amides is 1. The molecule has 0 spiro atoms. The van der Waals surface area contributed by atoms with Gasteiger partial charge < -0.3 is 4.90 Å². The minimum Gasteiger partial charge on any atom is -0.336 e. The van der Waals surface area contributed by atoms with E-state index in [0.717, 1.165) is 29.6 Å². The van der Waals surface area contributed by atoms with E-state index in [-0.39, 0.29) is 11.5 Å². The van der Waals surface area contributed by atoms with Gasteiger partial charge in [-0.3, -0.25) is 9.69 Å². The first-order valence-electron chi connectivity index (χ1n) is 6.58. The summed E-state index contributed by atoms with van der Waals surface area (Å²) in [5, 5.41) is 0. The van der Waals surface area contributed by atoms with Gasteiger partial charge in [-0.15, -0.1) is 0 Å². The molecule has 0 unspecified atom stereocenters. The van der Waals surface area contributed by atoms with Crippen molar-refractivity contribution in [2.24, 2.45) is 0 Å². The van der Waals surface area contributed by atoms with Crippen LogP contribution in [0.4, 0.5) is 4.39 Å². The van der Waals surface area contributed by atoms with E-state index in [1.807, 2.05) is 22.6 Å². The molecule has 0 bridgehead atoms. The lowest BCUT2D eigenvalue weighted by atomic mass is 10.1. The van der Waals surface area contributed by atoms with Gasteiger partial charge >= 0.3 is 0 Å². The molecule has 2 rings (SSSR count). The molecule has 1 heterocycles. The molecule has 3 nitrogen and oxygen atoms in total. The van der Waals surface area contributed by atoms with Crippen LogP contribution in [0.3, 0.4) is 0 Å². The van der Waals surface area contributed by atoms with Gasteiger partial charge in [0.15, 0.2) is 0 Å². The Hall–Kier alpha value is -0.690. The first kappa shape index (κ1) is 14.7. The number of nitrogens with zero attached hydrogens (tertiary/aromatic N) is 2. The SMILES string of the molecule is CCCN1CCN(C(=O)c2ccc(I)cc2F)CC1. The third kappa shape index (κ3) is 3.66. The Morgan fingerprint density at radius 3 is 2.58 bits per heavy atom. The second kappa shape index (κ2) is 6.65. The Morgan fingerprint density at radius 1 is 1.32 bits per heavy atom. The van der Waals surface area contributed by atoms with E-state index in [1.165, 1.54) is 6.07 Å². The first-order chi connectivity index (χ1) is 9.11. The molecule has 0 aliphatic carbocycles. The highest BCUT2D eigenvalue weighted by molar-refractivity contribution is 14.1. The van der Waals surface area contributed by atoms with Crippen molar-refractivity contribution in [3.05, 3.63) is 33.1 Å². The molecule has 0 N–H and O–H groups in total. The number of hydrogen-bond acceptors (Lipinski definition) is 2. The summed E-state index contributed by atoms with van der Waals surface area (Å²) >= 11 is 2.04. The van der Waals surface area contributed by atoms with E-state index in [9.17, 15) is 9.18 Å². The summed E-state index contributed by atoms with van der Waals surface area (Å²) in [6, 6.07) is 4.75. The van der Waals surface area contributed by atoms with Crippen LogP contribution in [0.2, 0.25) is 0 Å². The molecule has 1 aliphatic heterocycles. The van der Waals surface area contributed by atoms with Gasteiger partial charge in [0.1, 0.15) is 5.82 Å². The monoisotopic (exact) mass is 376 g/mol. The van der Waals surface area contributed by atoms with Crippen LogP contribution in [-0.2, 0) is 0 Å². The van der Waals surface area contributed by atoms with Gasteiger partial charge in [-0.05, 0) is 53.8 Å². The number of benzene rings is 1. The fraction of sp³-hybridized carbons (Fsp3) is 0.500. The molecule has 5 heteroatoms. The van der Waals surface area contributed by atoms with Crippen molar-refractivity contribution in [1.82, 2.24) is 9.80 Å². The smallest absolute Gasteiger partial charge is 0.256 e. The number of piperazine rings is 1. The second-order valence-corrected chi connectivity index (χ2v) is 6.00. The van der Waals surface area contributed by atoms with Gasteiger partial charge in [-0.1, -0.05) is 6.92 Å². The third-order valence-electron chi connectivity index (χ3n) is 3.36. The quantitative estimate of drug-likeness (QED) is 0.758. The lowest BCUT2D eigenvalue weighted by Gasteiger charge is -2.34. The summed E-state index contributed by atoms with van der Waals surface area (Å²) in [4.78, 5) is 16.4. The zero-order chi connectivity index (χ0) is 13.8.